The number of amides is 1. The number of methoxy groups -OCH3 is 2. The van der Waals surface area contributed by atoms with Gasteiger partial charge in [-0.1, -0.05) is 19.6 Å². The van der Waals surface area contributed by atoms with Crippen LogP contribution in [0, 0.1) is 0 Å². The summed E-state index contributed by atoms with van der Waals surface area (Å²) in [6, 6.07) is 6.55. The molecule has 0 aliphatic carbocycles. The molecule has 1 aromatic carbocycles. The van der Waals surface area contributed by atoms with Crippen molar-refractivity contribution in [2.75, 3.05) is 35.0 Å². The molecule has 1 amide bonds. The number of hydrogen-bond donors (Lipinski definition) is 0. The maximum absolute atomic E-state index is 12.7. The summed E-state index contributed by atoms with van der Waals surface area (Å²) in [5.74, 6) is 1.11. The van der Waals surface area contributed by atoms with Crippen LogP contribution in [0.25, 0.3) is 11.3 Å². The number of benzene rings is 1. The van der Waals surface area contributed by atoms with Crippen LogP contribution in [0.15, 0.2) is 24.4 Å². The number of hydroxylamine groups is 2. The predicted octanol–water partition coefficient (Wildman–Crippen LogP) is 3.51. The molecule has 0 bridgehead atoms. The fraction of sp³-hybridized carbons (Fsp3) is 0.500. The molecule has 0 aliphatic heterocycles. The first-order chi connectivity index (χ1) is 13.7. The number of hydrogen-bond acceptors (Lipinski definition) is 6. The van der Waals surface area contributed by atoms with E-state index in [1.807, 2.05) is 12.1 Å². The van der Waals surface area contributed by atoms with Crippen molar-refractivity contribution in [1.82, 2.24) is 14.6 Å². The van der Waals surface area contributed by atoms with Gasteiger partial charge in [0, 0.05) is 33.5 Å². The Morgan fingerprint density at radius 3 is 2.41 bits per heavy atom. The molecule has 0 radical (unpaired) electrons. The lowest BCUT2D eigenvalue weighted by molar-refractivity contribution is -0.0770. The summed E-state index contributed by atoms with van der Waals surface area (Å²) in [5, 5.41) is 1.14. The molecule has 160 valence electrons. The highest BCUT2D eigenvalue weighted by Gasteiger charge is 2.21. The highest BCUT2D eigenvalue weighted by atomic mass is 28.3. The van der Waals surface area contributed by atoms with Gasteiger partial charge in [0.25, 0.3) is 0 Å². The second kappa shape index (κ2) is 9.90. The number of imidazole rings is 1. The summed E-state index contributed by atoms with van der Waals surface area (Å²) >= 11 is 0. The smallest absolute Gasteiger partial charge is 0.313 e. The van der Waals surface area contributed by atoms with Crippen molar-refractivity contribution in [1.29, 1.82) is 0 Å². The van der Waals surface area contributed by atoms with Crippen molar-refractivity contribution in [3.63, 3.8) is 0 Å². The number of carbonyl (C=O) groups excluding carboxylic acids is 1. The molecule has 0 aliphatic rings. The molecule has 1 aromatic heterocycles. The standard InChI is InChI=1S/C20H31N3O5Si/c1-22(27-4)20(24)19-21-16(13-23(19)14-28-10-11-29(5,6)7)15-8-9-17(25-2)18(12-15)26-3/h8-9,12-13H,10-11,14H2,1-7H3. The molecule has 0 N–H and O–H groups in total. The summed E-state index contributed by atoms with van der Waals surface area (Å²) < 4.78 is 18.2. The highest BCUT2D eigenvalue weighted by molar-refractivity contribution is 6.76. The van der Waals surface area contributed by atoms with Crippen LogP contribution in [-0.2, 0) is 16.3 Å². The van der Waals surface area contributed by atoms with Gasteiger partial charge in [-0.15, -0.1) is 0 Å². The van der Waals surface area contributed by atoms with Crippen molar-refractivity contribution >= 4 is 14.0 Å². The van der Waals surface area contributed by atoms with Crippen molar-refractivity contribution in [3.8, 4) is 22.8 Å². The molecular formula is C20H31N3O5Si. The molecule has 0 saturated heterocycles. The third kappa shape index (κ3) is 6.06. The number of carbonyl (C=O) groups is 1. The van der Waals surface area contributed by atoms with Crippen LogP contribution in [0.2, 0.25) is 25.7 Å². The fourth-order valence-corrected chi connectivity index (χ4v) is 3.34. The van der Waals surface area contributed by atoms with Gasteiger partial charge in [-0.05, 0) is 24.2 Å². The molecule has 8 nitrogen and oxygen atoms in total. The lowest BCUT2D eigenvalue weighted by Crippen LogP contribution is -2.29. The third-order valence-electron chi connectivity index (χ3n) is 4.43. The van der Waals surface area contributed by atoms with Gasteiger partial charge < -0.3 is 18.8 Å². The average molecular weight is 422 g/mol. The van der Waals surface area contributed by atoms with Crippen LogP contribution in [0.1, 0.15) is 10.6 Å². The molecule has 2 aromatic rings. The zero-order chi connectivity index (χ0) is 21.6. The van der Waals surface area contributed by atoms with E-state index in [-0.39, 0.29) is 18.5 Å². The van der Waals surface area contributed by atoms with Crippen LogP contribution in [0.3, 0.4) is 0 Å². The minimum Gasteiger partial charge on any atom is -0.493 e. The summed E-state index contributed by atoms with van der Waals surface area (Å²) in [7, 11) is 4.95. The Labute approximate surface area is 173 Å². The number of nitrogens with zero attached hydrogens (tertiary/aromatic N) is 3. The Bertz CT molecular complexity index is 832. The molecule has 29 heavy (non-hydrogen) atoms. The summed E-state index contributed by atoms with van der Waals surface area (Å²) in [5.41, 5.74) is 1.44. The first-order valence-corrected chi connectivity index (χ1v) is 13.1. The van der Waals surface area contributed by atoms with E-state index in [0.29, 0.717) is 23.8 Å². The quantitative estimate of drug-likeness (QED) is 0.332. The Hall–Kier alpha value is -2.36. The Morgan fingerprint density at radius 1 is 1.14 bits per heavy atom. The Balaban J connectivity index is 2.32. The molecule has 0 fully saturated rings. The molecule has 9 heteroatoms. The minimum atomic E-state index is -1.19. The van der Waals surface area contributed by atoms with Gasteiger partial charge in [0.05, 0.1) is 27.0 Å². The Kier molecular flexibility index (Phi) is 7.83. The lowest BCUT2D eigenvalue weighted by Gasteiger charge is -2.17. The van der Waals surface area contributed by atoms with Gasteiger partial charge in [-0.25, -0.2) is 10.0 Å². The van der Waals surface area contributed by atoms with E-state index >= 15 is 0 Å². The SMILES string of the molecule is COc1ccc(-c2cn(COCC[Si](C)(C)C)c(C(=O)N(C)OC)n2)cc1OC. The van der Waals surface area contributed by atoms with E-state index in [4.69, 9.17) is 19.0 Å². The zero-order valence-corrected chi connectivity index (χ0v) is 19.3. The zero-order valence-electron chi connectivity index (χ0n) is 18.3. The van der Waals surface area contributed by atoms with Crippen molar-refractivity contribution in [2.24, 2.45) is 0 Å². The van der Waals surface area contributed by atoms with Crippen LogP contribution in [0.5, 0.6) is 11.5 Å². The van der Waals surface area contributed by atoms with E-state index in [1.54, 1.807) is 38.1 Å². The molecule has 0 saturated carbocycles. The van der Waals surface area contributed by atoms with Crippen LogP contribution in [0.4, 0.5) is 0 Å². The van der Waals surface area contributed by atoms with Gasteiger partial charge in [0.1, 0.15) is 6.73 Å². The highest BCUT2D eigenvalue weighted by Crippen LogP contribution is 2.32. The van der Waals surface area contributed by atoms with Crippen molar-refractivity contribution < 1.29 is 23.8 Å². The van der Waals surface area contributed by atoms with Crippen molar-refractivity contribution in [2.45, 2.75) is 32.4 Å². The Morgan fingerprint density at radius 2 is 1.83 bits per heavy atom. The van der Waals surface area contributed by atoms with Gasteiger partial charge >= 0.3 is 5.91 Å². The average Bonchev–Trinajstić information content (AvgIpc) is 3.12. The minimum absolute atomic E-state index is 0.239. The van der Waals surface area contributed by atoms with Crippen molar-refractivity contribution in [3.05, 3.63) is 30.2 Å². The first-order valence-electron chi connectivity index (χ1n) is 9.39. The second-order valence-corrected chi connectivity index (χ2v) is 13.4. The normalized spacial score (nSPS) is 11.4. The van der Waals surface area contributed by atoms with Crippen LogP contribution in [-0.4, -0.2) is 63.6 Å². The van der Waals surface area contributed by atoms with Crippen LogP contribution < -0.4 is 9.47 Å². The summed E-state index contributed by atoms with van der Waals surface area (Å²) in [4.78, 5) is 22.2. The summed E-state index contributed by atoms with van der Waals surface area (Å²) in [6.07, 6.45) is 1.80. The first kappa shape index (κ1) is 22.9. The fourth-order valence-electron chi connectivity index (χ4n) is 2.58. The largest absolute Gasteiger partial charge is 0.493 e. The van der Waals surface area contributed by atoms with Gasteiger partial charge in [0.2, 0.25) is 5.82 Å². The van der Waals surface area contributed by atoms with E-state index in [2.05, 4.69) is 24.6 Å². The maximum Gasteiger partial charge on any atom is 0.313 e. The second-order valence-electron chi connectivity index (χ2n) is 7.82. The van der Waals surface area contributed by atoms with E-state index in [1.165, 1.54) is 7.11 Å². The maximum atomic E-state index is 12.7. The molecule has 1 heterocycles. The molecular weight excluding hydrogens is 390 g/mol. The lowest BCUT2D eigenvalue weighted by atomic mass is 10.1. The van der Waals surface area contributed by atoms with Gasteiger partial charge in [-0.2, -0.15) is 0 Å². The number of aromatic nitrogens is 2. The molecule has 0 atom stereocenters. The monoisotopic (exact) mass is 421 g/mol. The number of ether oxygens (including phenoxy) is 3. The van der Waals surface area contributed by atoms with E-state index < -0.39 is 8.07 Å². The van der Waals surface area contributed by atoms with E-state index in [9.17, 15) is 4.79 Å². The topological polar surface area (TPSA) is 75.1 Å². The number of rotatable bonds is 10. The van der Waals surface area contributed by atoms with Gasteiger partial charge in [-0.3, -0.25) is 9.63 Å². The third-order valence-corrected chi connectivity index (χ3v) is 6.14. The predicted molar refractivity (Wildman–Crippen MR) is 114 cm³/mol. The molecule has 0 unspecified atom stereocenters. The van der Waals surface area contributed by atoms with Crippen LogP contribution >= 0.6 is 0 Å². The molecule has 2 rings (SSSR count). The molecule has 0 spiro atoms. The van der Waals surface area contributed by atoms with E-state index in [0.717, 1.165) is 16.7 Å². The summed E-state index contributed by atoms with van der Waals surface area (Å²) in [6.45, 7) is 7.78. The van der Waals surface area contributed by atoms with Gasteiger partial charge in [0.15, 0.2) is 11.5 Å².